The second-order valence-corrected chi connectivity index (χ2v) is 5.40. The average Bonchev–Trinajstić information content (AvgIpc) is 3.07. The number of carbonyl (C=O) groups is 2. The molecule has 0 aromatic carbocycles. The van der Waals surface area contributed by atoms with E-state index in [9.17, 15) is 22.8 Å². The number of alkyl halides is 3. The summed E-state index contributed by atoms with van der Waals surface area (Å²) < 4.78 is 49.9. The molecule has 2 heterocycles. The lowest BCUT2D eigenvalue weighted by Crippen LogP contribution is -2.31. The number of ketones is 1. The first-order valence-corrected chi connectivity index (χ1v) is 7.54. The van der Waals surface area contributed by atoms with Crippen molar-refractivity contribution in [3.63, 3.8) is 0 Å². The van der Waals surface area contributed by atoms with Gasteiger partial charge in [0, 0.05) is 24.7 Å². The Morgan fingerprint density at radius 3 is 2.64 bits per heavy atom. The molecule has 1 fully saturated rings. The van der Waals surface area contributed by atoms with Crippen molar-refractivity contribution in [3.05, 3.63) is 29.6 Å². The van der Waals surface area contributed by atoms with Gasteiger partial charge in [0.2, 0.25) is 0 Å². The minimum Gasteiger partial charge on any atom is -0.465 e. The van der Waals surface area contributed by atoms with E-state index in [1.807, 2.05) is 5.32 Å². The standard InChI is InChI=1S/C15H17F3N2O5/c16-15(17,18)9(3-5-20-14(22)23)8-11(21)12-10(2-1-4-19-12)13-24-6-7-25-13/h1-2,4,9,13,20H,3,5-8H2,(H,22,23). The number of nitrogens with one attached hydrogen (secondary N) is 1. The van der Waals surface area contributed by atoms with Gasteiger partial charge in [-0.3, -0.25) is 9.78 Å². The van der Waals surface area contributed by atoms with E-state index in [0.717, 1.165) is 0 Å². The lowest BCUT2D eigenvalue weighted by molar-refractivity contribution is -0.175. The molecule has 1 saturated heterocycles. The van der Waals surface area contributed by atoms with Crippen LogP contribution in [0, 0.1) is 5.92 Å². The fraction of sp³-hybridized carbons (Fsp3) is 0.533. The number of aromatic nitrogens is 1. The third-order valence-corrected chi connectivity index (χ3v) is 3.64. The van der Waals surface area contributed by atoms with Crippen LogP contribution in [0.25, 0.3) is 0 Å². The topological polar surface area (TPSA) is 97.8 Å². The van der Waals surface area contributed by atoms with Gasteiger partial charge in [-0.25, -0.2) is 4.79 Å². The van der Waals surface area contributed by atoms with E-state index in [0.29, 0.717) is 13.2 Å². The number of pyridine rings is 1. The van der Waals surface area contributed by atoms with Gasteiger partial charge in [-0.2, -0.15) is 13.2 Å². The fourth-order valence-electron chi connectivity index (χ4n) is 2.43. The number of nitrogens with zero attached hydrogens (tertiary/aromatic N) is 1. The molecule has 2 N–H and O–H groups in total. The second-order valence-electron chi connectivity index (χ2n) is 5.40. The van der Waals surface area contributed by atoms with Crippen LogP contribution in [-0.4, -0.2) is 47.9 Å². The first-order chi connectivity index (χ1) is 11.8. The van der Waals surface area contributed by atoms with Gasteiger partial charge in [-0.05, 0) is 12.5 Å². The summed E-state index contributed by atoms with van der Waals surface area (Å²) in [5, 5.41) is 10.3. The van der Waals surface area contributed by atoms with Crippen molar-refractivity contribution in [2.45, 2.75) is 25.3 Å². The number of hydrogen-bond acceptors (Lipinski definition) is 5. The summed E-state index contributed by atoms with van der Waals surface area (Å²) in [7, 11) is 0. The molecule has 0 spiro atoms. The number of Topliss-reactive ketones (excluding diaryl/α,β-unsaturated/α-hetero) is 1. The quantitative estimate of drug-likeness (QED) is 0.724. The summed E-state index contributed by atoms with van der Waals surface area (Å²) in [5.41, 5.74) is 0.157. The molecular formula is C15H17F3N2O5. The zero-order valence-electron chi connectivity index (χ0n) is 13.1. The van der Waals surface area contributed by atoms with Gasteiger partial charge in [0.05, 0.1) is 19.1 Å². The molecule has 0 bridgehead atoms. The molecule has 7 nitrogen and oxygen atoms in total. The Hall–Kier alpha value is -2.20. The molecule has 0 aliphatic carbocycles. The van der Waals surface area contributed by atoms with E-state index in [1.54, 1.807) is 0 Å². The van der Waals surface area contributed by atoms with Crippen LogP contribution in [0.2, 0.25) is 0 Å². The van der Waals surface area contributed by atoms with E-state index in [1.165, 1.54) is 18.3 Å². The molecule has 25 heavy (non-hydrogen) atoms. The summed E-state index contributed by atoms with van der Waals surface area (Å²) in [6, 6.07) is 3.06. The molecule has 138 valence electrons. The molecule has 1 atom stereocenters. The van der Waals surface area contributed by atoms with E-state index in [2.05, 4.69) is 4.98 Å². The summed E-state index contributed by atoms with van der Waals surface area (Å²) in [5.74, 6) is -2.78. The third kappa shape index (κ3) is 5.40. The van der Waals surface area contributed by atoms with Gasteiger partial charge in [-0.15, -0.1) is 0 Å². The first kappa shape index (κ1) is 19.1. The lowest BCUT2D eigenvalue weighted by Gasteiger charge is -2.20. The molecular weight excluding hydrogens is 345 g/mol. The van der Waals surface area contributed by atoms with Gasteiger partial charge in [0.15, 0.2) is 12.1 Å². The Labute approximate surface area is 141 Å². The number of rotatable bonds is 7. The van der Waals surface area contributed by atoms with Crippen LogP contribution in [0.5, 0.6) is 0 Å². The summed E-state index contributed by atoms with van der Waals surface area (Å²) in [4.78, 5) is 26.6. The Kier molecular flexibility index (Phi) is 6.32. The van der Waals surface area contributed by atoms with Gasteiger partial charge >= 0.3 is 12.3 Å². The number of hydrogen-bond donors (Lipinski definition) is 2. The highest BCUT2D eigenvalue weighted by Crippen LogP contribution is 2.33. The van der Waals surface area contributed by atoms with Gasteiger partial charge < -0.3 is 19.9 Å². The normalized spacial score (nSPS) is 16.6. The second kappa shape index (κ2) is 8.26. The van der Waals surface area contributed by atoms with Gasteiger partial charge in [0.1, 0.15) is 5.69 Å². The Balaban J connectivity index is 2.11. The lowest BCUT2D eigenvalue weighted by atomic mass is 9.95. The van der Waals surface area contributed by atoms with Crippen molar-refractivity contribution >= 4 is 11.9 Å². The smallest absolute Gasteiger partial charge is 0.404 e. The predicted molar refractivity (Wildman–Crippen MR) is 78.0 cm³/mol. The minimum atomic E-state index is -4.63. The first-order valence-electron chi connectivity index (χ1n) is 7.54. The summed E-state index contributed by atoms with van der Waals surface area (Å²) in [6.07, 6.45) is -6.95. The molecule has 1 aromatic heterocycles. The molecule has 1 aliphatic heterocycles. The third-order valence-electron chi connectivity index (χ3n) is 3.64. The van der Waals surface area contributed by atoms with Gasteiger partial charge in [-0.1, -0.05) is 6.07 Å². The molecule has 1 aromatic rings. The van der Waals surface area contributed by atoms with Crippen molar-refractivity contribution in [2.75, 3.05) is 19.8 Å². The Morgan fingerprint density at radius 2 is 2.04 bits per heavy atom. The number of ether oxygens (including phenoxy) is 2. The molecule has 1 amide bonds. The average molecular weight is 362 g/mol. The van der Waals surface area contributed by atoms with Crippen molar-refractivity contribution in [1.82, 2.24) is 10.3 Å². The largest absolute Gasteiger partial charge is 0.465 e. The zero-order chi connectivity index (χ0) is 18.4. The SMILES string of the molecule is O=C(O)NCCC(CC(=O)c1ncccc1C1OCCO1)C(F)(F)F. The maximum absolute atomic E-state index is 13.1. The molecule has 1 unspecified atom stereocenters. The van der Waals surface area contributed by atoms with Crippen LogP contribution in [-0.2, 0) is 9.47 Å². The van der Waals surface area contributed by atoms with Crippen molar-refractivity contribution in [3.8, 4) is 0 Å². The van der Waals surface area contributed by atoms with Crippen LogP contribution < -0.4 is 5.32 Å². The number of carboxylic acid groups (broad SMARTS) is 1. The van der Waals surface area contributed by atoms with Crippen LogP contribution in [0.4, 0.5) is 18.0 Å². The summed E-state index contributed by atoms with van der Waals surface area (Å²) >= 11 is 0. The van der Waals surface area contributed by atoms with Crippen LogP contribution >= 0.6 is 0 Å². The number of halogens is 3. The molecule has 10 heteroatoms. The number of amides is 1. The van der Waals surface area contributed by atoms with Crippen molar-refractivity contribution in [2.24, 2.45) is 5.92 Å². The van der Waals surface area contributed by atoms with E-state index in [-0.39, 0.29) is 11.3 Å². The highest BCUT2D eigenvalue weighted by Gasteiger charge is 2.41. The molecule has 1 aliphatic rings. The molecule has 0 saturated carbocycles. The van der Waals surface area contributed by atoms with E-state index < -0.39 is 49.6 Å². The Bertz CT molecular complexity index is 617. The molecule has 0 radical (unpaired) electrons. The van der Waals surface area contributed by atoms with Crippen LogP contribution in [0.3, 0.4) is 0 Å². The van der Waals surface area contributed by atoms with Crippen LogP contribution in [0.1, 0.15) is 35.2 Å². The highest BCUT2D eigenvalue weighted by atomic mass is 19.4. The summed E-state index contributed by atoms with van der Waals surface area (Å²) in [6.45, 7) is 0.231. The van der Waals surface area contributed by atoms with Crippen LogP contribution in [0.15, 0.2) is 18.3 Å². The monoisotopic (exact) mass is 362 g/mol. The molecule has 2 rings (SSSR count). The number of carbonyl (C=O) groups excluding carboxylic acids is 1. The predicted octanol–water partition coefficient (Wildman–Crippen LogP) is 2.54. The maximum Gasteiger partial charge on any atom is 0.404 e. The van der Waals surface area contributed by atoms with E-state index in [4.69, 9.17) is 14.6 Å². The highest BCUT2D eigenvalue weighted by molar-refractivity contribution is 5.95. The maximum atomic E-state index is 13.1. The van der Waals surface area contributed by atoms with Crippen molar-refractivity contribution in [1.29, 1.82) is 0 Å². The van der Waals surface area contributed by atoms with Gasteiger partial charge in [0.25, 0.3) is 0 Å². The van der Waals surface area contributed by atoms with E-state index >= 15 is 0 Å². The van der Waals surface area contributed by atoms with Crippen molar-refractivity contribution < 1.29 is 37.3 Å². The minimum absolute atomic E-state index is 0.130. The Morgan fingerprint density at radius 1 is 1.36 bits per heavy atom. The zero-order valence-corrected chi connectivity index (χ0v) is 13.1. The fourth-order valence-corrected chi connectivity index (χ4v) is 2.43.